The van der Waals surface area contributed by atoms with Crippen LogP contribution >= 0.6 is 11.6 Å². The van der Waals surface area contributed by atoms with Crippen molar-refractivity contribution < 1.29 is 32.7 Å². The number of nitrogens with two attached hydrogens (primary N) is 1. The number of rotatable bonds is 5. The fourth-order valence-electron chi connectivity index (χ4n) is 8.87. The van der Waals surface area contributed by atoms with Crippen LogP contribution in [0, 0.1) is 17.8 Å². The Balaban J connectivity index is 1.27. The van der Waals surface area contributed by atoms with Gasteiger partial charge in [-0.1, -0.05) is 36.7 Å². The number of amides is 2. The van der Waals surface area contributed by atoms with Crippen molar-refractivity contribution in [2.24, 2.45) is 27.9 Å². The zero-order chi connectivity index (χ0) is 37.3. The van der Waals surface area contributed by atoms with Crippen molar-refractivity contribution in [1.82, 2.24) is 4.72 Å². The molecule has 2 amide bonds. The summed E-state index contributed by atoms with van der Waals surface area (Å²) in [5.41, 5.74) is 9.71. The monoisotopic (exact) mass is 768 g/mol. The molecule has 2 fully saturated rings. The Morgan fingerprint density at radius 3 is 2.72 bits per heavy atom. The predicted molar refractivity (Wildman–Crippen MR) is 206 cm³/mol. The van der Waals surface area contributed by atoms with Crippen LogP contribution in [0.15, 0.2) is 52.9 Å². The van der Waals surface area contributed by atoms with Crippen LogP contribution in [0.4, 0.5) is 5.69 Å². The van der Waals surface area contributed by atoms with Gasteiger partial charge in [0.2, 0.25) is 0 Å². The van der Waals surface area contributed by atoms with Gasteiger partial charge in [0.25, 0.3) is 11.8 Å². The molecule has 5 aliphatic rings. The highest BCUT2D eigenvalue weighted by Gasteiger charge is 2.46. The largest absolute Gasteiger partial charge is 0.490 e. The number of hydrogen-bond donors (Lipinski definition) is 2. The van der Waals surface area contributed by atoms with Gasteiger partial charge in [-0.3, -0.25) is 14.3 Å². The van der Waals surface area contributed by atoms with Crippen LogP contribution in [-0.2, 0) is 40.8 Å². The maximum Gasteiger partial charge on any atom is 0.286 e. The smallest absolute Gasteiger partial charge is 0.286 e. The van der Waals surface area contributed by atoms with Gasteiger partial charge in [-0.2, -0.15) is 0 Å². The summed E-state index contributed by atoms with van der Waals surface area (Å²) in [4.78, 5) is 29.7. The Kier molecular flexibility index (Phi) is 11.6. The molecule has 13 heteroatoms. The normalized spacial score (nSPS) is 34.1. The van der Waals surface area contributed by atoms with Crippen LogP contribution in [0.25, 0.3) is 0 Å². The number of nitrogens with zero attached hydrogens (tertiary/aromatic N) is 2. The number of carbonyl (C=O) groups is 2. The maximum atomic E-state index is 14.8. The molecule has 1 spiro atoms. The second-order valence-electron chi connectivity index (χ2n) is 15.8. The second-order valence-corrected chi connectivity index (χ2v) is 18.5. The highest BCUT2D eigenvalue weighted by molar-refractivity contribution is 7.93. The van der Waals surface area contributed by atoms with Crippen LogP contribution in [0.5, 0.6) is 5.75 Å². The van der Waals surface area contributed by atoms with E-state index in [2.05, 4.69) is 32.2 Å². The number of fused-ring (bicyclic) bond motifs is 4. The second kappa shape index (κ2) is 16.0. The fourth-order valence-corrected chi connectivity index (χ4v) is 10.9. The molecule has 0 aromatic heterocycles. The molecule has 1 saturated heterocycles. The summed E-state index contributed by atoms with van der Waals surface area (Å²) in [5, 5.41) is 0.0279. The topological polar surface area (TPSA) is 142 Å². The van der Waals surface area contributed by atoms with Crippen LogP contribution < -0.4 is 20.1 Å². The standard InChI is InChI=1S/C40H53ClN4O7S/c1-25-5-4-6-36(49-3)33-10-7-28(33)21-45-23-40(20-31(42)18-29-17-30(41)9-11-34(29)40)24-52-37-12-8-27(19-35(37)45)39(47)44-53(48,26(25)2)43-38(46)22-51-32-13-15-50-16-14-32/h4,6,8-9,11-12,17,19,25-26,28,31-33,36H,5,7,10,13-16,18,20-24,42H2,1-3H3,(H,43,44,46,47,48)/b6-4+/t25-,26+,28-,31+,33+,36-,40-,53?/m0/s1. The number of methoxy groups -OCH3 is 1. The zero-order valence-electron chi connectivity index (χ0n) is 31.0. The van der Waals surface area contributed by atoms with E-state index in [1.54, 1.807) is 20.1 Å². The van der Waals surface area contributed by atoms with Crippen LogP contribution in [0.3, 0.4) is 0 Å². The van der Waals surface area contributed by atoms with Gasteiger partial charge in [-0.15, -0.1) is 4.36 Å². The van der Waals surface area contributed by atoms with E-state index in [0.29, 0.717) is 68.2 Å². The molecular weight excluding hydrogens is 716 g/mol. The van der Waals surface area contributed by atoms with Crippen molar-refractivity contribution in [3.63, 3.8) is 0 Å². The Labute approximate surface area is 318 Å². The minimum absolute atomic E-state index is 0.0663. The summed E-state index contributed by atoms with van der Waals surface area (Å²) in [6, 6.07) is 11.3. The molecule has 288 valence electrons. The van der Waals surface area contributed by atoms with E-state index in [-0.39, 0.29) is 36.3 Å². The van der Waals surface area contributed by atoms with Crippen molar-refractivity contribution in [2.75, 3.05) is 51.5 Å². The van der Waals surface area contributed by atoms with E-state index in [9.17, 15) is 13.8 Å². The van der Waals surface area contributed by atoms with Crippen LogP contribution in [0.1, 0.15) is 73.9 Å². The lowest BCUT2D eigenvalue weighted by molar-refractivity contribution is -0.128. The van der Waals surface area contributed by atoms with Gasteiger partial charge in [-0.25, -0.2) is 4.21 Å². The third kappa shape index (κ3) is 8.18. The molecule has 2 bridgehead atoms. The number of anilines is 1. The molecular formula is C40H53ClN4O7S. The molecule has 0 radical (unpaired) electrons. The Morgan fingerprint density at radius 2 is 1.96 bits per heavy atom. The first-order valence-corrected chi connectivity index (χ1v) is 21.0. The van der Waals surface area contributed by atoms with Gasteiger partial charge in [0.05, 0.1) is 29.8 Å². The molecule has 2 aromatic carbocycles. The molecule has 7 rings (SSSR count). The van der Waals surface area contributed by atoms with Crippen molar-refractivity contribution in [3.05, 3.63) is 70.3 Å². The maximum absolute atomic E-state index is 14.8. The molecule has 53 heavy (non-hydrogen) atoms. The molecule has 2 aliphatic carbocycles. The molecule has 3 N–H and O–H groups in total. The Hall–Kier alpha value is -3.00. The molecule has 1 saturated carbocycles. The number of allylic oxidation sites excluding steroid dienone is 1. The number of ether oxygens (including phenoxy) is 4. The third-order valence-corrected chi connectivity index (χ3v) is 14.8. The first-order chi connectivity index (χ1) is 25.5. The number of nitrogens with one attached hydrogen (secondary N) is 1. The third-order valence-electron chi connectivity index (χ3n) is 12.2. The van der Waals surface area contributed by atoms with Crippen molar-refractivity contribution >= 4 is 39.0 Å². The number of carbonyl (C=O) groups excluding carboxylic acids is 2. The number of hydrogen-bond acceptors (Lipinski definition) is 9. The van der Waals surface area contributed by atoms with Gasteiger partial charge < -0.3 is 29.6 Å². The quantitative estimate of drug-likeness (QED) is 0.372. The average Bonchev–Trinajstić information content (AvgIpc) is 3.27. The van der Waals surface area contributed by atoms with E-state index in [1.807, 2.05) is 31.2 Å². The van der Waals surface area contributed by atoms with Crippen molar-refractivity contribution in [2.45, 2.75) is 87.7 Å². The minimum Gasteiger partial charge on any atom is -0.490 e. The van der Waals surface area contributed by atoms with Gasteiger partial charge in [0, 0.05) is 55.5 Å². The van der Waals surface area contributed by atoms with Crippen molar-refractivity contribution in [1.29, 1.82) is 0 Å². The molecule has 3 aliphatic heterocycles. The van der Waals surface area contributed by atoms with E-state index < -0.39 is 32.4 Å². The summed E-state index contributed by atoms with van der Waals surface area (Å²) >= 11 is 6.47. The van der Waals surface area contributed by atoms with Gasteiger partial charge in [-0.05, 0) is 111 Å². The summed E-state index contributed by atoms with van der Waals surface area (Å²) in [6.45, 7) is 6.38. The molecule has 1 unspecified atom stereocenters. The van der Waals surface area contributed by atoms with E-state index in [4.69, 9.17) is 36.3 Å². The van der Waals surface area contributed by atoms with Crippen molar-refractivity contribution in [3.8, 4) is 5.75 Å². The minimum atomic E-state index is -3.59. The lowest BCUT2D eigenvalue weighted by Gasteiger charge is -2.46. The van der Waals surface area contributed by atoms with Crippen LogP contribution in [0.2, 0.25) is 5.02 Å². The molecule has 8 atom stereocenters. The first-order valence-electron chi connectivity index (χ1n) is 19.0. The van der Waals surface area contributed by atoms with E-state index in [0.717, 1.165) is 43.5 Å². The molecule has 3 heterocycles. The lowest BCUT2D eigenvalue weighted by atomic mass is 9.67. The van der Waals surface area contributed by atoms with E-state index in [1.165, 1.54) is 5.56 Å². The van der Waals surface area contributed by atoms with Gasteiger partial charge in [0.1, 0.15) is 22.3 Å². The predicted octanol–water partition coefficient (Wildman–Crippen LogP) is 5.61. The zero-order valence-corrected chi connectivity index (χ0v) is 32.5. The Bertz CT molecular complexity index is 1840. The fraction of sp³-hybridized carbons (Fsp3) is 0.600. The summed E-state index contributed by atoms with van der Waals surface area (Å²) < 4.78 is 45.7. The highest BCUT2D eigenvalue weighted by Crippen LogP contribution is 2.47. The highest BCUT2D eigenvalue weighted by atomic mass is 35.5. The van der Waals surface area contributed by atoms with Gasteiger partial charge in [0.15, 0.2) is 0 Å². The van der Waals surface area contributed by atoms with E-state index >= 15 is 0 Å². The van der Waals surface area contributed by atoms with Gasteiger partial charge >= 0.3 is 0 Å². The van der Waals surface area contributed by atoms with Crippen LogP contribution in [-0.4, -0.2) is 86.1 Å². The summed E-state index contributed by atoms with van der Waals surface area (Å²) in [6.07, 6.45) is 9.52. The molecule has 2 aromatic rings. The SMILES string of the molecule is CO[C@H]1/C=C/C[C@H](C)[C@@H](C)S(=O)(NC(=O)COC2CCOCC2)=NC(=O)c2ccc3c(c2)N(C[C@@H]2CC[C@H]21)C[C@]1(CO3)C[C@H](N)Cc2cc(Cl)ccc21. The average molecular weight is 769 g/mol. The number of benzene rings is 2. The number of halogens is 1. The summed E-state index contributed by atoms with van der Waals surface area (Å²) in [5.74, 6) is -0.100. The Morgan fingerprint density at radius 1 is 1.15 bits per heavy atom. The summed E-state index contributed by atoms with van der Waals surface area (Å²) in [7, 11) is -1.84. The lowest BCUT2D eigenvalue weighted by Crippen LogP contribution is -2.52. The first kappa shape index (κ1) is 38.3. The molecule has 11 nitrogen and oxygen atoms in total.